The molecule has 19 heteroatoms. The molecule has 0 aromatic heterocycles. The number of piperidine rings is 1. The van der Waals surface area contributed by atoms with Crippen LogP contribution in [0.4, 0.5) is 16.2 Å². The number of amides is 4. The van der Waals surface area contributed by atoms with Crippen LogP contribution in [0.5, 0.6) is 0 Å². The molecule has 0 radical (unpaired) electrons. The summed E-state index contributed by atoms with van der Waals surface area (Å²) >= 11 is 0. The number of anilines is 1. The summed E-state index contributed by atoms with van der Waals surface area (Å²) in [4.78, 5) is 43.8. The molecule has 7 N–H and O–H groups in total. The summed E-state index contributed by atoms with van der Waals surface area (Å²) in [5.41, 5.74) is 5.37. The molecule has 2 atom stereocenters. The first kappa shape index (κ1) is 62.7. The number of rotatable bonds is 29. The fourth-order valence-corrected chi connectivity index (χ4v) is 12.8. The van der Waals surface area contributed by atoms with Gasteiger partial charge in [0.2, 0.25) is 17.5 Å². The molecule has 0 spiro atoms. The van der Waals surface area contributed by atoms with Crippen molar-refractivity contribution in [1.29, 1.82) is 0 Å². The van der Waals surface area contributed by atoms with E-state index in [4.69, 9.17) is 0 Å². The summed E-state index contributed by atoms with van der Waals surface area (Å²) in [6.45, 7) is 24.7. The first-order valence-electron chi connectivity index (χ1n) is 29.0. The second kappa shape index (κ2) is 28.3. The molecule has 2 aromatic carbocycles. The Hall–Kier alpha value is -5.50. The molecule has 79 heavy (non-hydrogen) atoms. The molecule has 436 valence electrons. The summed E-state index contributed by atoms with van der Waals surface area (Å²) < 4.78 is 70.8. The van der Waals surface area contributed by atoms with E-state index in [-0.39, 0.29) is 33.7 Å². The quantitative estimate of drug-likeness (QED) is 0.0229. The minimum Gasteiger partial charge on any atom is -0.387 e. The zero-order valence-electron chi connectivity index (χ0n) is 47.9. The molecular weight excluding hydrogens is 1040 g/mol. The van der Waals surface area contributed by atoms with Crippen molar-refractivity contribution in [3.8, 4) is 0 Å². The number of benzene rings is 2. The Morgan fingerprint density at radius 3 is 2.06 bits per heavy atom. The molecule has 0 bridgehead atoms. The van der Waals surface area contributed by atoms with E-state index < -0.39 is 37.1 Å². The van der Waals surface area contributed by atoms with Gasteiger partial charge in [-0.15, -0.1) is 0 Å². The minimum atomic E-state index is -4.46. The normalized spacial score (nSPS) is 18.5. The number of unbranched alkanes of at least 4 members (excludes halogenated alkanes) is 4. The van der Waals surface area contributed by atoms with Crippen LogP contribution in [0.25, 0.3) is 0 Å². The molecular formula is C60H91N8O9S2+. The molecule has 4 amide bonds. The third-order valence-corrected chi connectivity index (χ3v) is 18.1. The Balaban J connectivity index is 1.06. The van der Waals surface area contributed by atoms with E-state index >= 15 is 0 Å². The van der Waals surface area contributed by atoms with E-state index in [1.54, 1.807) is 18.2 Å². The van der Waals surface area contributed by atoms with Gasteiger partial charge in [-0.05, 0) is 126 Å². The van der Waals surface area contributed by atoms with Crippen molar-refractivity contribution >= 4 is 55.2 Å². The summed E-state index contributed by atoms with van der Waals surface area (Å²) in [7, 11) is -8.86. The van der Waals surface area contributed by atoms with Crippen molar-refractivity contribution in [3.63, 3.8) is 0 Å². The number of hydrogen-bond acceptors (Lipinski definition) is 10. The maximum Gasteiger partial charge on any atom is 0.317 e. The van der Waals surface area contributed by atoms with Crippen LogP contribution in [0.1, 0.15) is 168 Å². The number of likely N-dealkylation sites (tertiary alicyclic amines) is 1. The number of likely N-dealkylation sites (N-methyl/N-ethyl adjacent to an activating group) is 1. The zero-order valence-corrected chi connectivity index (χ0v) is 49.6. The summed E-state index contributed by atoms with van der Waals surface area (Å²) in [5, 5.41) is 16.1. The number of carbonyl (C=O) groups excluding carboxylic acids is 3. The topological polar surface area (TPSA) is 230 Å². The lowest BCUT2D eigenvalue weighted by molar-refractivity contribution is -0.438. The predicted molar refractivity (Wildman–Crippen MR) is 314 cm³/mol. The van der Waals surface area contributed by atoms with E-state index in [0.717, 1.165) is 130 Å². The van der Waals surface area contributed by atoms with Gasteiger partial charge in [-0.2, -0.15) is 21.4 Å². The van der Waals surface area contributed by atoms with Crippen LogP contribution in [0.2, 0.25) is 0 Å². The highest BCUT2D eigenvalue weighted by Crippen LogP contribution is 2.48. The van der Waals surface area contributed by atoms with Gasteiger partial charge >= 0.3 is 6.03 Å². The number of fused-ring (bicyclic) bond motifs is 2. The highest BCUT2D eigenvalue weighted by Gasteiger charge is 2.45. The Morgan fingerprint density at radius 2 is 1.39 bits per heavy atom. The molecule has 1 aliphatic carbocycles. The zero-order chi connectivity index (χ0) is 57.5. The van der Waals surface area contributed by atoms with Crippen LogP contribution >= 0.6 is 0 Å². The summed E-state index contributed by atoms with van der Waals surface area (Å²) in [6, 6.07) is 8.27. The molecule has 6 rings (SSSR count). The van der Waals surface area contributed by atoms with E-state index in [1.165, 1.54) is 37.5 Å². The van der Waals surface area contributed by atoms with Crippen molar-refractivity contribution < 1.29 is 44.9 Å². The average molecular weight is 1130 g/mol. The van der Waals surface area contributed by atoms with Crippen LogP contribution < -0.4 is 31.5 Å². The van der Waals surface area contributed by atoms with Gasteiger partial charge in [0.25, 0.3) is 20.2 Å². The second-order valence-corrected chi connectivity index (χ2v) is 25.8. The van der Waals surface area contributed by atoms with E-state index in [1.807, 2.05) is 57.7 Å². The molecule has 1 saturated heterocycles. The predicted octanol–water partition coefficient (Wildman–Crippen LogP) is 9.69. The second-order valence-electron chi connectivity index (χ2n) is 23.0. The van der Waals surface area contributed by atoms with Crippen LogP contribution in [-0.2, 0) is 40.7 Å². The average Bonchev–Trinajstić information content (AvgIpc) is 4.02. The SMILES string of the molecule is C=C(CCCCC[N+]1=C(C=CC=C2N(CC)c3ccc(S(=O)(=O)O)cc3C2(C)C)C(C)(C)c2cc(S(=O)(=O)O)ccc21)NCCNC(=O)[C@H](CCNC(=O)CCCCC)NC(=C)[C@H](CC1CCCCC1)NC(=O)N1CCCCC1. The highest BCUT2D eigenvalue weighted by atomic mass is 32.2. The van der Waals surface area contributed by atoms with Gasteiger partial charge in [-0.3, -0.25) is 18.7 Å². The third-order valence-electron chi connectivity index (χ3n) is 16.4. The molecule has 3 heterocycles. The van der Waals surface area contributed by atoms with Crippen molar-refractivity contribution in [2.24, 2.45) is 5.92 Å². The van der Waals surface area contributed by atoms with Gasteiger partial charge in [0, 0.05) is 98.0 Å². The largest absolute Gasteiger partial charge is 0.387 e. The maximum absolute atomic E-state index is 13.9. The van der Waals surface area contributed by atoms with Crippen molar-refractivity contribution in [2.75, 3.05) is 50.7 Å². The fourth-order valence-electron chi connectivity index (χ4n) is 11.8. The molecule has 1 saturated carbocycles. The standard InChI is InChI=1S/C60H90N8O9S2/c1-9-11-15-28-56(69)62-34-33-50(64-44(4)51(40-45-24-17-12-18-25-45)65-58(71)66-37-19-14-20-38-66)57(70)63-36-35-61-43(3)23-16-13-21-39-68-53-32-30-47(79(75,76)77)42-49(53)60(7,8)55(68)27-22-26-54-59(5,6)48-41-46(78(72,73)74)29-31-52(48)67(54)10-2/h22,26-27,29-32,41-42,45,50-51,61,64H,3-4,9-21,23-25,28,33-40H2,1-2,5-8H3,(H4-,62,63,65,69,70,71,72,73,74,75,76,77)/p+1/t50-,51-/m0/s1. The first-order chi connectivity index (χ1) is 37.5. The minimum absolute atomic E-state index is 0.0329. The number of nitrogens with one attached hydrogen (secondary N) is 5. The van der Waals surface area contributed by atoms with E-state index in [2.05, 4.69) is 56.1 Å². The fraction of sp³-hybridized carbons (Fsp3) is 0.600. The van der Waals surface area contributed by atoms with E-state index in [0.29, 0.717) is 63.6 Å². The Kier molecular flexibility index (Phi) is 22.4. The maximum atomic E-state index is 13.9. The monoisotopic (exact) mass is 1130 g/mol. The first-order valence-corrected chi connectivity index (χ1v) is 31.9. The lowest BCUT2D eigenvalue weighted by Crippen LogP contribution is -2.52. The number of allylic oxidation sites excluding steroid dienone is 5. The Labute approximate surface area is 471 Å². The molecule has 17 nitrogen and oxygen atoms in total. The smallest absolute Gasteiger partial charge is 0.317 e. The van der Waals surface area contributed by atoms with Crippen LogP contribution in [-0.4, -0.2) is 117 Å². The van der Waals surface area contributed by atoms with E-state index in [9.17, 15) is 40.3 Å². The lowest BCUT2D eigenvalue weighted by Gasteiger charge is -2.33. The number of hydrogen-bond donors (Lipinski definition) is 7. The van der Waals surface area contributed by atoms with Crippen LogP contribution in [0.3, 0.4) is 0 Å². The number of urea groups is 1. The number of carbonyl (C=O) groups is 3. The molecule has 2 aromatic rings. The lowest BCUT2D eigenvalue weighted by atomic mass is 9.81. The van der Waals surface area contributed by atoms with Crippen molar-refractivity contribution in [1.82, 2.24) is 31.5 Å². The van der Waals surface area contributed by atoms with Gasteiger partial charge in [0.05, 0.1) is 21.2 Å². The van der Waals surface area contributed by atoms with Crippen LogP contribution in [0.15, 0.2) is 94.7 Å². The van der Waals surface area contributed by atoms with Crippen LogP contribution in [0, 0.1) is 5.92 Å². The van der Waals surface area contributed by atoms with Gasteiger partial charge in [0.15, 0.2) is 5.71 Å². The molecule has 3 aliphatic heterocycles. The van der Waals surface area contributed by atoms with Crippen molar-refractivity contribution in [3.05, 3.63) is 96.0 Å². The van der Waals surface area contributed by atoms with Gasteiger partial charge in [-0.1, -0.05) is 85.0 Å². The van der Waals surface area contributed by atoms with Crippen molar-refractivity contribution in [2.45, 2.75) is 190 Å². The molecule has 0 unspecified atom stereocenters. The van der Waals surface area contributed by atoms with Gasteiger partial charge in [-0.25, -0.2) is 4.79 Å². The third kappa shape index (κ3) is 16.8. The van der Waals surface area contributed by atoms with Gasteiger partial charge < -0.3 is 36.4 Å². The Bertz CT molecular complexity index is 2830. The number of nitrogens with zero attached hydrogens (tertiary/aromatic N) is 3. The molecule has 4 aliphatic rings. The summed E-state index contributed by atoms with van der Waals surface area (Å²) in [6.07, 6.45) is 22.5. The molecule has 2 fully saturated rings. The summed E-state index contributed by atoms with van der Waals surface area (Å²) in [5.74, 6) is 0.206. The Morgan fingerprint density at radius 1 is 0.747 bits per heavy atom. The highest BCUT2D eigenvalue weighted by molar-refractivity contribution is 7.86. The van der Waals surface area contributed by atoms with Gasteiger partial charge in [0.1, 0.15) is 12.6 Å².